The number of rotatable bonds is 1. The minimum atomic E-state index is 0.750. The van der Waals surface area contributed by atoms with E-state index in [9.17, 15) is 0 Å². The summed E-state index contributed by atoms with van der Waals surface area (Å²) < 4.78 is 5.57. The van der Waals surface area contributed by atoms with Gasteiger partial charge in [-0.15, -0.1) is 0 Å². The first-order chi connectivity index (χ1) is 6.74. The van der Waals surface area contributed by atoms with Crippen LogP contribution in [0.25, 0.3) is 0 Å². The van der Waals surface area contributed by atoms with Crippen molar-refractivity contribution < 1.29 is 4.74 Å². The molecular weight excluding hydrogens is 198 g/mol. The fourth-order valence-electron chi connectivity index (χ4n) is 1.75. The normalized spacial score (nSPS) is 14.9. The highest BCUT2D eigenvalue weighted by Gasteiger charge is 2.20. The van der Waals surface area contributed by atoms with Gasteiger partial charge in [0, 0.05) is 6.54 Å². The quantitative estimate of drug-likeness (QED) is 0.709. The molecule has 0 aliphatic carbocycles. The molecule has 14 heavy (non-hydrogen) atoms. The van der Waals surface area contributed by atoms with Gasteiger partial charge in [-0.1, -0.05) is 17.7 Å². The summed E-state index contributed by atoms with van der Waals surface area (Å²) in [4.78, 5) is 2.26. The first-order valence-electron chi connectivity index (χ1n) is 4.91. The SMILES string of the molecule is CCN1CCOc2ccc(C)c(Cl)c21. The number of anilines is 1. The van der Waals surface area contributed by atoms with E-state index in [0.717, 1.165) is 41.7 Å². The summed E-state index contributed by atoms with van der Waals surface area (Å²) in [5.74, 6) is 0.911. The highest BCUT2D eigenvalue weighted by atomic mass is 35.5. The third kappa shape index (κ3) is 1.44. The highest BCUT2D eigenvalue weighted by molar-refractivity contribution is 6.34. The van der Waals surface area contributed by atoms with Gasteiger partial charge in [-0.25, -0.2) is 0 Å². The van der Waals surface area contributed by atoms with Crippen LogP contribution in [0.2, 0.25) is 5.02 Å². The van der Waals surface area contributed by atoms with Crippen LogP contribution in [0.5, 0.6) is 5.75 Å². The highest BCUT2D eigenvalue weighted by Crippen LogP contribution is 2.39. The third-order valence-corrected chi connectivity index (χ3v) is 3.07. The maximum absolute atomic E-state index is 6.26. The Hall–Kier alpha value is -0.890. The molecule has 1 aromatic rings. The zero-order chi connectivity index (χ0) is 10.1. The molecular formula is C11H14ClNO. The first-order valence-corrected chi connectivity index (χ1v) is 5.28. The van der Waals surface area contributed by atoms with Crippen LogP contribution < -0.4 is 9.64 Å². The molecule has 0 fully saturated rings. The van der Waals surface area contributed by atoms with Crippen molar-refractivity contribution in [1.82, 2.24) is 0 Å². The predicted octanol–water partition coefficient (Wildman–Crippen LogP) is 2.87. The molecule has 1 aliphatic rings. The van der Waals surface area contributed by atoms with Gasteiger partial charge in [-0.2, -0.15) is 0 Å². The minimum absolute atomic E-state index is 0.750. The van der Waals surface area contributed by atoms with Gasteiger partial charge in [0.15, 0.2) is 0 Å². The Kier molecular flexibility index (Phi) is 2.55. The molecule has 1 aliphatic heterocycles. The second kappa shape index (κ2) is 3.70. The second-order valence-electron chi connectivity index (χ2n) is 3.47. The van der Waals surface area contributed by atoms with E-state index >= 15 is 0 Å². The number of halogens is 1. The Labute approximate surface area is 89.4 Å². The van der Waals surface area contributed by atoms with Crippen molar-refractivity contribution in [1.29, 1.82) is 0 Å². The van der Waals surface area contributed by atoms with Crippen LogP contribution in [-0.4, -0.2) is 19.7 Å². The Bertz CT molecular complexity index is 351. The average Bonchev–Trinajstić information content (AvgIpc) is 2.23. The molecule has 2 rings (SSSR count). The lowest BCUT2D eigenvalue weighted by Crippen LogP contribution is -2.32. The summed E-state index contributed by atoms with van der Waals surface area (Å²) in [6.07, 6.45) is 0. The second-order valence-corrected chi connectivity index (χ2v) is 3.85. The number of ether oxygens (including phenoxy) is 1. The van der Waals surface area contributed by atoms with Crippen molar-refractivity contribution in [2.45, 2.75) is 13.8 Å². The van der Waals surface area contributed by atoms with Gasteiger partial charge >= 0.3 is 0 Å². The fourth-order valence-corrected chi connectivity index (χ4v) is 2.03. The Balaban J connectivity index is 2.53. The monoisotopic (exact) mass is 211 g/mol. The van der Waals surface area contributed by atoms with Crippen LogP contribution >= 0.6 is 11.6 Å². The molecule has 0 aromatic heterocycles. The average molecular weight is 212 g/mol. The molecule has 0 saturated carbocycles. The lowest BCUT2D eigenvalue weighted by molar-refractivity contribution is 0.308. The largest absolute Gasteiger partial charge is 0.490 e. The van der Waals surface area contributed by atoms with E-state index in [1.54, 1.807) is 0 Å². The summed E-state index contributed by atoms with van der Waals surface area (Å²) >= 11 is 6.26. The molecule has 0 unspecified atom stereocenters. The summed E-state index contributed by atoms with van der Waals surface area (Å²) in [6, 6.07) is 4.00. The lowest BCUT2D eigenvalue weighted by atomic mass is 10.1. The zero-order valence-electron chi connectivity index (χ0n) is 8.51. The van der Waals surface area contributed by atoms with Crippen LogP contribution in [-0.2, 0) is 0 Å². The van der Waals surface area contributed by atoms with Crippen molar-refractivity contribution in [3.8, 4) is 5.75 Å². The molecule has 1 heterocycles. The van der Waals surface area contributed by atoms with Gasteiger partial charge in [-0.05, 0) is 25.5 Å². The minimum Gasteiger partial charge on any atom is -0.490 e. The molecule has 3 heteroatoms. The number of nitrogens with zero attached hydrogens (tertiary/aromatic N) is 1. The molecule has 76 valence electrons. The molecule has 0 N–H and O–H groups in total. The third-order valence-electron chi connectivity index (χ3n) is 2.59. The molecule has 0 bridgehead atoms. The van der Waals surface area contributed by atoms with Crippen LogP contribution in [0, 0.1) is 6.92 Å². The number of benzene rings is 1. The molecule has 1 aromatic carbocycles. The van der Waals surface area contributed by atoms with E-state index in [1.165, 1.54) is 0 Å². The Morgan fingerprint density at radius 3 is 3.00 bits per heavy atom. The van der Waals surface area contributed by atoms with Gasteiger partial charge < -0.3 is 9.64 Å². The predicted molar refractivity (Wildman–Crippen MR) is 59.6 cm³/mol. The summed E-state index contributed by atoms with van der Waals surface area (Å²) in [6.45, 7) is 6.80. The van der Waals surface area contributed by atoms with Crippen molar-refractivity contribution in [3.63, 3.8) is 0 Å². The van der Waals surface area contributed by atoms with E-state index in [2.05, 4.69) is 11.8 Å². The van der Waals surface area contributed by atoms with E-state index in [4.69, 9.17) is 16.3 Å². The zero-order valence-corrected chi connectivity index (χ0v) is 9.27. The summed E-state index contributed by atoms with van der Waals surface area (Å²) in [5, 5.41) is 0.823. The van der Waals surface area contributed by atoms with Crippen LogP contribution in [0.15, 0.2) is 12.1 Å². The van der Waals surface area contributed by atoms with Gasteiger partial charge in [0.1, 0.15) is 12.4 Å². The van der Waals surface area contributed by atoms with Crippen LogP contribution in [0.4, 0.5) is 5.69 Å². The van der Waals surface area contributed by atoms with E-state index < -0.39 is 0 Å². The van der Waals surface area contributed by atoms with Crippen LogP contribution in [0.3, 0.4) is 0 Å². The van der Waals surface area contributed by atoms with Crippen molar-refractivity contribution in [2.75, 3.05) is 24.6 Å². The molecule has 0 amide bonds. The van der Waals surface area contributed by atoms with Gasteiger partial charge in [0.05, 0.1) is 17.3 Å². The maximum Gasteiger partial charge on any atom is 0.144 e. The van der Waals surface area contributed by atoms with Gasteiger partial charge in [-0.3, -0.25) is 0 Å². The number of fused-ring (bicyclic) bond motifs is 1. The smallest absolute Gasteiger partial charge is 0.144 e. The number of likely N-dealkylation sites (N-methyl/N-ethyl adjacent to an activating group) is 1. The number of hydrogen-bond donors (Lipinski definition) is 0. The first kappa shape index (κ1) is 9.66. The number of aryl methyl sites for hydroxylation is 1. The topological polar surface area (TPSA) is 12.5 Å². The van der Waals surface area contributed by atoms with Gasteiger partial charge in [0.2, 0.25) is 0 Å². The molecule has 0 saturated heterocycles. The summed E-state index contributed by atoms with van der Waals surface area (Å²) in [7, 11) is 0. The van der Waals surface area contributed by atoms with E-state index in [1.807, 2.05) is 19.1 Å². The van der Waals surface area contributed by atoms with Gasteiger partial charge in [0.25, 0.3) is 0 Å². The Morgan fingerprint density at radius 2 is 2.29 bits per heavy atom. The van der Waals surface area contributed by atoms with Crippen molar-refractivity contribution >= 4 is 17.3 Å². The molecule has 2 nitrogen and oxygen atoms in total. The van der Waals surface area contributed by atoms with Crippen molar-refractivity contribution in [3.05, 3.63) is 22.7 Å². The fraction of sp³-hybridized carbons (Fsp3) is 0.455. The van der Waals surface area contributed by atoms with E-state index in [-0.39, 0.29) is 0 Å². The van der Waals surface area contributed by atoms with E-state index in [0.29, 0.717) is 0 Å². The Morgan fingerprint density at radius 1 is 1.50 bits per heavy atom. The van der Waals surface area contributed by atoms with Crippen LogP contribution in [0.1, 0.15) is 12.5 Å². The molecule has 0 radical (unpaired) electrons. The molecule has 0 spiro atoms. The molecule has 0 atom stereocenters. The lowest BCUT2D eigenvalue weighted by Gasteiger charge is -2.31. The standard InChI is InChI=1S/C11H14ClNO/c1-3-13-6-7-14-9-5-4-8(2)10(12)11(9)13/h4-5H,3,6-7H2,1-2H3. The van der Waals surface area contributed by atoms with Crippen molar-refractivity contribution in [2.24, 2.45) is 0 Å². The summed E-state index contributed by atoms with van der Waals surface area (Å²) in [5.41, 5.74) is 2.16. The number of hydrogen-bond acceptors (Lipinski definition) is 2. The maximum atomic E-state index is 6.26.